The molecule has 4 aliphatic rings. The number of hydrogen-bond acceptors (Lipinski definition) is 3. The fraction of sp³-hybridized carbons (Fsp3) is 0.778. The molecule has 1 heterocycles. The molecule has 0 saturated heterocycles. The summed E-state index contributed by atoms with van der Waals surface area (Å²) in [5.74, 6) is 3.08. The zero-order valence-electron chi connectivity index (χ0n) is 19.7. The fourth-order valence-electron chi connectivity index (χ4n) is 9.11. The minimum atomic E-state index is -0.176. The van der Waals surface area contributed by atoms with E-state index in [1.54, 1.807) is 0 Å². The summed E-state index contributed by atoms with van der Waals surface area (Å²) in [6.07, 6.45) is 7.63. The van der Waals surface area contributed by atoms with Crippen LogP contribution >= 0.6 is 0 Å². The SMILES string of the molecule is Cc1cc(O)cc2c1O[C@@]1(C)CC[C@H]3[C@@]4(C)CC[C@H](O)C(C)(C)[C@@H]4CC[C@@]3(C)[C@@H]1C2. The average Bonchev–Trinajstić information content (AvgIpc) is 2.64. The molecule has 0 amide bonds. The molecule has 7 atom stereocenters. The summed E-state index contributed by atoms with van der Waals surface area (Å²) >= 11 is 0. The number of hydrogen-bond donors (Lipinski definition) is 2. The first-order valence-electron chi connectivity index (χ1n) is 12.1. The highest BCUT2D eigenvalue weighted by molar-refractivity contribution is 5.48. The van der Waals surface area contributed by atoms with Gasteiger partial charge in [0.1, 0.15) is 17.1 Å². The molecule has 3 aliphatic carbocycles. The second-order valence-electron chi connectivity index (χ2n) is 12.5. The molecule has 30 heavy (non-hydrogen) atoms. The Morgan fingerprint density at radius 1 is 0.867 bits per heavy atom. The number of aliphatic hydroxyl groups is 1. The van der Waals surface area contributed by atoms with Crippen LogP contribution in [-0.4, -0.2) is 21.9 Å². The van der Waals surface area contributed by atoms with Crippen LogP contribution in [-0.2, 0) is 6.42 Å². The first-order valence-corrected chi connectivity index (χ1v) is 12.1. The Balaban J connectivity index is 1.56. The predicted octanol–water partition coefficient (Wildman–Crippen LogP) is 6.02. The lowest BCUT2D eigenvalue weighted by Crippen LogP contribution is -2.66. The molecule has 0 spiro atoms. The smallest absolute Gasteiger partial charge is 0.126 e. The molecule has 3 fully saturated rings. The number of phenols is 1. The van der Waals surface area contributed by atoms with Crippen molar-refractivity contribution in [2.24, 2.45) is 34.0 Å². The zero-order valence-corrected chi connectivity index (χ0v) is 19.7. The third kappa shape index (κ3) is 2.54. The summed E-state index contributed by atoms with van der Waals surface area (Å²) in [5, 5.41) is 21.0. The Morgan fingerprint density at radius 3 is 2.23 bits per heavy atom. The molecular weight excluding hydrogens is 372 g/mol. The van der Waals surface area contributed by atoms with Crippen LogP contribution in [0.3, 0.4) is 0 Å². The van der Waals surface area contributed by atoms with Crippen LogP contribution in [0.25, 0.3) is 0 Å². The number of rotatable bonds is 0. The Bertz CT molecular complexity index is 875. The van der Waals surface area contributed by atoms with Gasteiger partial charge in [-0.05, 0) is 110 Å². The maximum Gasteiger partial charge on any atom is 0.126 e. The van der Waals surface area contributed by atoms with Crippen molar-refractivity contribution in [2.75, 3.05) is 0 Å². The lowest BCUT2D eigenvalue weighted by Gasteiger charge is -2.69. The highest BCUT2D eigenvalue weighted by Gasteiger charge is 2.66. The first kappa shape index (κ1) is 20.7. The molecule has 0 aromatic heterocycles. The third-order valence-electron chi connectivity index (χ3n) is 10.6. The minimum Gasteiger partial charge on any atom is -0.508 e. The largest absolute Gasteiger partial charge is 0.508 e. The van der Waals surface area contributed by atoms with Gasteiger partial charge in [0.2, 0.25) is 0 Å². The van der Waals surface area contributed by atoms with Crippen molar-refractivity contribution in [1.82, 2.24) is 0 Å². The van der Waals surface area contributed by atoms with Gasteiger partial charge in [-0.15, -0.1) is 0 Å². The van der Waals surface area contributed by atoms with Crippen LogP contribution in [0.1, 0.15) is 84.3 Å². The van der Waals surface area contributed by atoms with Crippen LogP contribution in [0.2, 0.25) is 0 Å². The lowest BCUT2D eigenvalue weighted by atomic mass is 9.37. The topological polar surface area (TPSA) is 49.7 Å². The number of phenolic OH excluding ortho intramolecular Hbond substituents is 1. The standard InChI is InChI=1S/C27H40O3/c1-16-13-18(28)14-17-15-21-26(5)10-7-19-24(2,3)22(29)9-11-25(19,4)20(26)8-12-27(21,6)30-23(16)17/h13-14,19-22,28-29H,7-12,15H2,1-6H3/t19-,20-,21-,22-,25-,26+,27-/m0/s1. The number of ether oxygens (including phenoxy) is 1. The van der Waals surface area contributed by atoms with Crippen molar-refractivity contribution in [1.29, 1.82) is 0 Å². The van der Waals surface area contributed by atoms with Gasteiger partial charge in [-0.25, -0.2) is 0 Å². The summed E-state index contributed by atoms with van der Waals surface area (Å²) in [4.78, 5) is 0. The van der Waals surface area contributed by atoms with Gasteiger partial charge in [0, 0.05) is 5.92 Å². The molecule has 3 nitrogen and oxygen atoms in total. The van der Waals surface area contributed by atoms with Gasteiger partial charge in [-0.2, -0.15) is 0 Å². The molecule has 2 N–H and O–H groups in total. The number of fused-ring (bicyclic) bond motifs is 6. The summed E-state index contributed by atoms with van der Waals surface area (Å²) < 4.78 is 6.80. The minimum absolute atomic E-state index is 0.00630. The summed E-state index contributed by atoms with van der Waals surface area (Å²) in [7, 11) is 0. The molecule has 0 bridgehead atoms. The average molecular weight is 413 g/mol. The maximum absolute atomic E-state index is 10.8. The molecule has 1 aliphatic heterocycles. The molecule has 1 aromatic rings. The van der Waals surface area contributed by atoms with Crippen LogP contribution < -0.4 is 4.74 Å². The Labute approximate surface area is 182 Å². The van der Waals surface area contributed by atoms with Gasteiger partial charge in [0.05, 0.1) is 6.10 Å². The van der Waals surface area contributed by atoms with Crippen LogP contribution in [0, 0.1) is 40.9 Å². The monoisotopic (exact) mass is 412 g/mol. The van der Waals surface area contributed by atoms with E-state index in [4.69, 9.17) is 4.74 Å². The lowest BCUT2D eigenvalue weighted by molar-refractivity contribution is -0.223. The van der Waals surface area contributed by atoms with Gasteiger partial charge in [-0.3, -0.25) is 0 Å². The second kappa shape index (κ2) is 6.18. The number of benzene rings is 1. The van der Waals surface area contributed by atoms with Crippen LogP contribution in [0.15, 0.2) is 12.1 Å². The fourth-order valence-corrected chi connectivity index (χ4v) is 9.11. The molecule has 3 heteroatoms. The third-order valence-corrected chi connectivity index (χ3v) is 10.6. The van der Waals surface area contributed by atoms with Gasteiger partial charge in [-0.1, -0.05) is 27.7 Å². The van der Waals surface area contributed by atoms with E-state index in [2.05, 4.69) is 41.5 Å². The van der Waals surface area contributed by atoms with E-state index in [-0.39, 0.29) is 27.9 Å². The van der Waals surface area contributed by atoms with Gasteiger partial charge in [0.25, 0.3) is 0 Å². The van der Waals surface area contributed by atoms with E-state index in [0.717, 1.165) is 37.0 Å². The quantitative estimate of drug-likeness (QED) is 0.547. The van der Waals surface area contributed by atoms with Crippen LogP contribution in [0.5, 0.6) is 11.5 Å². The zero-order chi connectivity index (χ0) is 21.7. The highest BCUT2D eigenvalue weighted by atomic mass is 16.5. The van der Waals surface area contributed by atoms with Crippen molar-refractivity contribution in [2.45, 2.75) is 98.2 Å². The molecule has 1 aromatic carbocycles. The van der Waals surface area contributed by atoms with E-state index < -0.39 is 0 Å². The van der Waals surface area contributed by atoms with Gasteiger partial charge in [0.15, 0.2) is 0 Å². The molecule has 0 unspecified atom stereocenters. The molecular formula is C27H40O3. The van der Waals surface area contributed by atoms with Gasteiger partial charge >= 0.3 is 0 Å². The predicted molar refractivity (Wildman–Crippen MR) is 120 cm³/mol. The van der Waals surface area contributed by atoms with E-state index in [9.17, 15) is 10.2 Å². The number of aliphatic hydroxyl groups excluding tert-OH is 1. The Kier molecular flexibility index (Phi) is 4.26. The highest BCUT2D eigenvalue weighted by Crippen LogP contribution is 2.70. The van der Waals surface area contributed by atoms with Crippen molar-refractivity contribution in [3.05, 3.63) is 23.3 Å². The first-order chi connectivity index (χ1) is 13.9. The second-order valence-corrected chi connectivity index (χ2v) is 12.5. The molecule has 0 radical (unpaired) electrons. The van der Waals surface area contributed by atoms with E-state index in [1.807, 2.05) is 12.1 Å². The summed E-state index contributed by atoms with van der Waals surface area (Å²) in [6, 6.07) is 3.76. The summed E-state index contributed by atoms with van der Waals surface area (Å²) in [6.45, 7) is 14.1. The van der Waals surface area contributed by atoms with Gasteiger partial charge < -0.3 is 14.9 Å². The van der Waals surface area contributed by atoms with Crippen LogP contribution in [0.4, 0.5) is 0 Å². The van der Waals surface area contributed by atoms with E-state index in [1.165, 1.54) is 24.8 Å². The molecule has 5 rings (SSSR count). The number of aryl methyl sites for hydroxylation is 1. The Morgan fingerprint density at radius 2 is 1.50 bits per heavy atom. The van der Waals surface area contributed by atoms with E-state index in [0.29, 0.717) is 23.5 Å². The van der Waals surface area contributed by atoms with E-state index >= 15 is 0 Å². The summed E-state index contributed by atoms with van der Waals surface area (Å²) in [5.41, 5.74) is 2.61. The number of aromatic hydroxyl groups is 1. The van der Waals surface area contributed by atoms with Crippen molar-refractivity contribution >= 4 is 0 Å². The van der Waals surface area contributed by atoms with Crippen molar-refractivity contribution < 1.29 is 14.9 Å². The van der Waals surface area contributed by atoms with Crippen molar-refractivity contribution in [3.8, 4) is 11.5 Å². The molecule has 166 valence electrons. The molecule has 3 saturated carbocycles. The Hall–Kier alpha value is -1.22. The normalized spacial score (nSPS) is 46.6. The van der Waals surface area contributed by atoms with Crippen molar-refractivity contribution in [3.63, 3.8) is 0 Å². The maximum atomic E-state index is 10.8.